The summed E-state index contributed by atoms with van der Waals surface area (Å²) in [6, 6.07) is 13.7. The molecule has 0 aromatic heterocycles. The Labute approximate surface area is 166 Å². The molecular weight excluding hydrogens is 376 g/mol. The molecule has 2 aromatic carbocycles. The second-order valence-electron chi connectivity index (χ2n) is 7.80. The van der Waals surface area contributed by atoms with Crippen molar-refractivity contribution in [2.75, 3.05) is 13.6 Å². The van der Waals surface area contributed by atoms with Gasteiger partial charge in [-0.2, -0.15) is 4.31 Å². The number of aryl methyl sites for hydroxylation is 1. The lowest BCUT2D eigenvalue weighted by molar-refractivity contribution is -0.122. The third kappa shape index (κ3) is 4.36. The number of hydrogen-bond acceptors (Lipinski definition) is 4. The van der Waals surface area contributed by atoms with E-state index in [1.165, 1.54) is 19.2 Å². The van der Waals surface area contributed by atoms with Crippen LogP contribution in [0.5, 0.6) is 5.75 Å². The maximum Gasteiger partial charge on any atom is 0.243 e. The average molecular weight is 403 g/mol. The predicted molar refractivity (Wildman–Crippen MR) is 108 cm³/mol. The van der Waals surface area contributed by atoms with Crippen molar-refractivity contribution in [3.05, 3.63) is 59.7 Å². The molecule has 0 saturated heterocycles. The first-order valence-electron chi connectivity index (χ1n) is 9.19. The van der Waals surface area contributed by atoms with Crippen molar-refractivity contribution in [1.29, 1.82) is 0 Å². The minimum Gasteiger partial charge on any atom is -0.487 e. The molecule has 7 heteroatoms. The molecule has 1 aliphatic rings. The van der Waals surface area contributed by atoms with Crippen LogP contribution in [-0.2, 0) is 14.8 Å². The number of hydrogen-bond donors (Lipinski definition) is 1. The first-order chi connectivity index (χ1) is 13.1. The van der Waals surface area contributed by atoms with Crippen LogP contribution < -0.4 is 10.1 Å². The Bertz CT molecular complexity index is 971. The van der Waals surface area contributed by atoms with E-state index in [0.717, 1.165) is 21.2 Å². The number of carbonyl (C=O) groups is 1. The van der Waals surface area contributed by atoms with Gasteiger partial charge in [-0.15, -0.1) is 0 Å². The van der Waals surface area contributed by atoms with Crippen molar-refractivity contribution in [2.24, 2.45) is 0 Å². The number of benzene rings is 2. The van der Waals surface area contributed by atoms with Crippen molar-refractivity contribution >= 4 is 15.9 Å². The van der Waals surface area contributed by atoms with Crippen molar-refractivity contribution in [1.82, 2.24) is 9.62 Å². The number of carbonyl (C=O) groups excluding carboxylic acids is 1. The fraction of sp³-hybridized carbons (Fsp3) is 0.381. The lowest BCUT2D eigenvalue weighted by Gasteiger charge is -2.38. The topological polar surface area (TPSA) is 75.7 Å². The summed E-state index contributed by atoms with van der Waals surface area (Å²) in [5.74, 6) is 0.398. The summed E-state index contributed by atoms with van der Waals surface area (Å²) in [5.41, 5.74) is 1.56. The summed E-state index contributed by atoms with van der Waals surface area (Å²) in [5, 5.41) is 2.99. The van der Waals surface area contributed by atoms with E-state index in [1.807, 2.05) is 39.0 Å². The molecular formula is C21H26N2O4S. The fourth-order valence-corrected chi connectivity index (χ4v) is 4.55. The summed E-state index contributed by atoms with van der Waals surface area (Å²) in [4.78, 5) is 12.8. The van der Waals surface area contributed by atoms with Gasteiger partial charge in [-0.1, -0.05) is 35.9 Å². The van der Waals surface area contributed by atoms with E-state index in [0.29, 0.717) is 6.42 Å². The summed E-state index contributed by atoms with van der Waals surface area (Å²) in [6.45, 7) is 5.68. The van der Waals surface area contributed by atoms with Crippen LogP contribution in [0.2, 0.25) is 0 Å². The largest absolute Gasteiger partial charge is 0.487 e. The Balaban J connectivity index is 1.75. The first kappa shape index (κ1) is 20.4. The van der Waals surface area contributed by atoms with Crippen LogP contribution >= 0.6 is 0 Å². The summed E-state index contributed by atoms with van der Waals surface area (Å²) >= 11 is 0. The number of nitrogens with one attached hydrogen (secondary N) is 1. The molecule has 28 heavy (non-hydrogen) atoms. The highest BCUT2D eigenvalue weighted by atomic mass is 32.2. The van der Waals surface area contributed by atoms with E-state index in [4.69, 9.17) is 4.74 Å². The number of rotatable bonds is 5. The fourth-order valence-electron chi connectivity index (χ4n) is 3.40. The van der Waals surface area contributed by atoms with E-state index >= 15 is 0 Å². The van der Waals surface area contributed by atoms with Crippen LogP contribution in [-0.4, -0.2) is 37.8 Å². The molecule has 0 aliphatic carbocycles. The van der Waals surface area contributed by atoms with Gasteiger partial charge < -0.3 is 10.1 Å². The third-order valence-electron chi connectivity index (χ3n) is 4.78. The molecule has 1 heterocycles. The standard InChI is InChI=1S/C21H26N2O4S/c1-15-10-11-19-17(12-15)18(13-21(2,3)27-19)22-20(24)14-23(4)28(25,26)16-8-6-5-7-9-16/h5-12,18H,13-14H2,1-4H3,(H,22,24). The zero-order valence-corrected chi connectivity index (χ0v) is 17.4. The van der Waals surface area contributed by atoms with E-state index in [-0.39, 0.29) is 23.4 Å². The average Bonchev–Trinajstić information content (AvgIpc) is 2.62. The highest BCUT2D eigenvalue weighted by molar-refractivity contribution is 7.89. The zero-order chi connectivity index (χ0) is 20.5. The van der Waals surface area contributed by atoms with Gasteiger partial charge in [0.2, 0.25) is 15.9 Å². The number of ether oxygens (including phenoxy) is 1. The van der Waals surface area contributed by atoms with Crippen LogP contribution in [0.3, 0.4) is 0 Å². The maximum absolute atomic E-state index is 12.6. The summed E-state index contributed by atoms with van der Waals surface area (Å²) in [6.07, 6.45) is 0.602. The zero-order valence-electron chi connectivity index (χ0n) is 16.6. The number of likely N-dealkylation sites (N-methyl/N-ethyl adjacent to an activating group) is 1. The van der Waals surface area contributed by atoms with Gasteiger partial charge in [-0.3, -0.25) is 4.79 Å². The Morgan fingerprint density at radius 3 is 2.57 bits per heavy atom. The summed E-state index contributed by atoms with van der Waals surface area (Å²) in [7, 11) is -2.31. The van der Waals surface area contributed by atoms with Gasteiger partial charge in [0.15, 0.2) is 0 Å². The third-order valence-corrected chi connectivity index (χ3v) is 6.59. The van der Waals surface area contributed by atoms with E-state index < -0.39 is 15.6 Å². The molecule has 0 saturated carbocycles. The second kappa shape index (κ2) is 7.56. The highest BCUT2D eigenvalue weighted by Crippen LogP contribution is 2.39. The molecule has 2 aromatic rings. The van der Waals surface area contributed by atoms with E-state index in [9.17, 15) is 13.2 Å². The molecule has 150 valence electrons. The molecule has 1 atom stereocenters. The monoisotopic (exact) mass is 402 g/mol. The molecule has 0 radical (unpaired) electrons. The molecule has 1 aliphatic heterocycles. The van der Waals surface area contributed by atoms with Crippen molar-refractivity contribution in [3.63, 3.8) is 0 Å². The normalized spacial score (nSPS) is 18.2. The SMILES string of the molecule is Cc1ccc2c(c1)C(NC(=O)CN(C)S(=O)(=O)c1ccccc1)CC(C)(C)O2. The van der Waals surface area contributed by atoms with Gasteiger partial charge in [-0.05, 0) is 39.0 Å². The molecule has 1 N–H and O–H groups in total. The Morgan fingerprint density at radius 1 is 1.21 bits per heavy atom. The summed E-state index contributed by atoms with van der Waals surface area (Å²) < 4.78 is 32.4. The Morgan fingerprint density at radius 2 is 1.89 bits per heavy atom. The number of sulfonamides is 1. The van der Waals surface area contributed by atoms with Gasteiger partial charge in [0.1, 0.15) is 11.4 Å². The van der Waals surface area contributed by atoms with E-state index in [1.54, 1.807) is 18.2 Å². The van der Waals surface area contributed by atoms with Gasteiger partial charge in [0, 0.05) is 19.0 Å². The molecule has 0 bridgehead atoms. The minimum absolute atomic E-state index is 0.165. The number of nitrogens with zero attached hydrogens (tertiary/aromatic N) is 1. The molecule has 1 amide bonds. The quantitative estimate of drug-likeness (QED) is 0.834. The minimum atomic E-state index is -3.72. The highest BCUT2D eigenvalue weighted by Gasteiger charge is 2.35. The van der Waals surface area contributed by atoms with Crippen molar-refractivity contribution in [3.8, 4) is 5.75 Å². The second-order valence-corrected chi connectivity index (χ2v) is 9.85. The van der Waals surface area contributed by atoms with Crippen LogP contribution in [0.4, 0.5) is 0 Å². The molecule has 0 fully saturated rings. The smallest absolute Gasteiger partial charge is 0.243 e. The van der Waals surface area contributed by atoms with Gasteiger partial charge in [0.05, 0.1) is 17.5 Å². The Kier molecular flexibility index (Phi) is 5.50. The van der Waals surface area contributed by atoms with Crippen molar-refractivity contribution < 1.29 is 17.9 Å². The van der Waals surface area contributed by atoms with Gasteiger partial charge >= 0.3 is 0 Å². The lowest BCUT2D eigenvalue weighted by atomic mass is 9.89. The predicted octanol–water partition coefficient (Wildman–Crippen LogP) is 3.03. The molecule has 1 unspecified atom stereocenters. The first-order valence-corrected chi connectivity index (χ1v) is 10.6. The van der Waals surface area contributed by atoms with Gasteiger partial charge in [-0.25, -0.2) is 8.42 Å². The van der Waals surface area contributed by atoms with E-state index in [2.05, 4.69) is 5.32 Å². The number of amides is 1. The van der Waals surface area contributed by atoms with Gasteiger partial charge in [0.25, 0.3) is 0 Å². The van der Waals surface area contributed by atoms with Crippen LogP contribution in [0.25, 0.3) is 0 Å². The van der Waals surface area contributed by atoms with Crippen LogP contribution in [0.15, 0.2) is 53.4 Å². The maximum atomic E-state index is 12.6. The molecule has 3 rings (SSSR count). The van der Waals surface area contributed by atoms with Crippen LogP contribution in [0.1, 0.15) is 37.4 Å². The molecule has 6 nitrogen and oxygen atoms in total. The Hall–Kier alpha value is -2.38. The van der Waals surface area contributed by atoms with Crippen molar-refractivity contribution in [2.45, 2.75) is 43.7 Å². The van der Waals surface area contributed by atoms with Crippen LogP contribution in [0, 0.1) is 6.92 Å². The molecule has 0 spiro atoms. The lowest BCUT2D eigenvalue weighted by Crippen LogP contribution is -2.44. The number of fused-ring (bicyclic) bond motifs is 1.